The van der Waals surface area contributed by atoms with E-state index in [1.165, 1.54) is 0 Å². The van der Waals surface area contributed by atoms with Gasteiger partial charge in [-0.3, -0.25) is 9.59 Å². The molecule has 0 atom stereocenters. The third-order valence-electron chi connectivity index (χ3n) is 5.71. The summed E-state index contributed by atoms with van der Waals surface area (Å²) in [6.45, 7) is 3.76. The topological polar surface area (TPSA) is 53.1 Å². The molecule has 2 aliphatic heterocycles. The Kier molecular flexibility index (Phi) is 6.02. The molecule has 0 aromatic heterocycles. The van der Waals surface area contributed by atoms with Gasteiger partial charge in [-0.1, -0.05) is 18.2 Å². The number of hydrogen-bond acceptors (Lipinski definition) is 4. The van der Waals surface area contributed by atoms with Gasteiger partial charge in [0.15, 0.2) is 0 Å². The number of carbonyl (C=O) groups is 2. The van der Waals surface area contributed by atoms with Crippen LogP contribution in [-0.2, 0) is 9.59 Å². The van der Waals surface area contributed by atoms with Crippen LogP contribution in [0.3, 0.4) is 0 Å². The zero-order valence-corrected chi connectivity index (χ0v) is 17.3. The van der Waals surface area contributed by atoms with E-state index in [9.17, 15) is 9.59 Å². The fourth-order valence-corrected chi connectivity index (χ4v) is 3.95. The quantitative estimate of drug-likeness (QED) is 0.717. The molecule has 30 heavy (non-hydrogen) atoms. The minimum atomic E-state index is 0.0269. The molecule has 0 spiro atoms. The molecule has 2 amide bonds. The molecular weight excluding hydrogens is 378 g/mol. The van der Waals surface area contributed by atoms with E-state index in [0.717, 1.165) is 48.7 Å². The molecule has 6 nitrogen and oxygen atoms in total. The summed E-state index contributed by atoms with van der Waals surface area (Å²) in [5, 5.41) is 0. The van der Waals surface area contributed by atoms with Gasteiger partial charge < -0.3 is 19.4 Å². The summed E-state index contributed by atoms with van der Waals surface area (Å²) in [4.78, 5) is 30.4. The highest BCUT2D eigenvalue weighted by atomic mass is 16.5. The Balaban J connectivity index is 1.31. The van der Waals surface area contributed by atoms with Crippen LogP contribution in [0.5, 0.6) is 5.75 Å². The maximum atomic E-state index is 12.6. The van der Waals surface area contributed by atoms with Gasteiger partial charge in [0.05, 0.1) is 7.11 Å². The highest BCUT2D eigenvalue weighted by Crippen LogP contribution is 2.23. The molecule has 2 aromatic carbocycles. The molecule has 0 aliphatic carbocycles. The van der Waals surface area contributed by atoms with Crippen molar-refractivity contribution in [3.8, 4) is 5.75 Å². The standard InChI is InChI=1S/C24H27N3O3/c1-30-22-5-2-4-21(18-22)25-14-16-26(17-15-25)23(28)12-9-19-7-10-20(11-8-19)27-13-3-6-24(27)29/h2,4-5,7-12,18H,3,6,13-17H2,1H3/b12-9+. The van der Waals surface area contributed by atoms with E-state index >= 15 is 0 Å². The van der Waals surface area contributed by atoms with Crippen LogP contribution in [0.25, 0.3) is 6.08 Å². The summed E-state index contributed by atoms with van der Waals surface area (Å²) < 4.78 is 5.30. The molecule has 0 radical (unpaired) electrons. The summed E-state index contributed by atoms with van der Waals surface area (Å²) >= 11 is 0. The van der Waals surface area contributed by atoms with Crippen molar-refractivity contribution in [1.29, 1.82) is 0 Å². The summed E-state index contributed by atoms with van der Waals surface area (Å²) in [5.41, 5.74) is 3.00. The molecule has 0 unspecified atom stereocenters. The smallest absolute Gasteiger partial charge is 0.246 e. The first-order valence-corrected chi connectivity index (χ1v) is 10.4. The third-order valence-corrected chi connectivity index (χ3v) is 5.71. The zero-order valence-electron chi connectivity index (χ0n) is 17.3. The third kappa shape index (κ3) is 4.48. The SMILES string of the molecule is COc1cccc(N2CCN(C(=O)/C=C/c3ccc(N4CCCC4=O)cc3)CC2)c1. The normalized spacial score (nSPS) is 17.1. The molecule has 2 aliphatic rings. The van der Waals surface area contributed by atoms with Crippen molar-refractivity contribution in [1.82, 2.24) is 4.90 Å². The summed E-state index contributed by atoms with van der Waals surface area (Å²) in [6, 6.07) is 15.8. The lowest BCUT2D eigenvalue weighted by Crippen LogP contribution is -2.48. The number of hydrogen-bond donors (Lipinski definition) is 0. The van der Waals surface area contributed by atoms with Gasteiger partial charge in [0.1, 0.15) is 5.75 Å². The Hall–Kier alpha value is -3.28. The predicted octanol–water partition coefficient (Wildman–Crippen LogP) is 3.18. The van der Waals surface area contributed by atoms with Crippen LogP contribution in [-0.4, -0.2) is 56.5 Å². The number of piperazine rings is 1. The van der Waals surface area contributed by atoms with Gasteiger partial charge in [0, 0.05) is 62.7 Å². The monoisotopic (exact) mass is 405 g/mol. The first-order chi connectivity index (χ1) is 14.6. The van der Waals surface area contributed by atoms with Crippen LogP contribution < -0.4 is 14.5 Å². The molecule has 0 N–H and O–H groups in total. The van der Waals surface area contributed by atoms with Gasteiger partial charge in [-0.15, -0.1) is 0 Å². The van der Waals surface area contributed by atoms with Crippen molar-refractivity contribution in [2.45, 2.75) is 12.8 Å². The van der Waals surface area contributed by atoms with Gasteiger partial charge in [-0.05, 0) is 42.3 Å². The molecule has 2 aromatic rings. The Morgan fingerprint density at radius 3 is 2.40 bits per heavy atom. The fraction of sp³-hybridized carbons (Fsp3) is 0.333. The Labute approximate surface area is 177 Å². The molecular formula is C24H27N3O3. The van der Waals surface area contributed by atoms with Crippen molar-refractivity contribution in [3.63, 3.8) is 0 Å². The second kappa shape index (κ2) is 9.03. The molecule has 4 rings (SSSR count). The minimum absolute atomic E-state index is 0.0269. The molecule has 156 valence electrons. The first kappa shape index (κ1) is 20.0. The van der Waals surface area contributed by atoms with E-state index in [4.69, 9.17) is 4.74 Å². The van der Waals surface area contributed by atoms with Crippen molar-refractivity contribution >= 4 is 29.3 Å². The average Bonchev–Trinajstić information content (AvgIpc) is 3.23. The fourth-order valence-electron chi connectivity index (χ4n) is 3.95. The zero-order chi connectivity index (χ0) is 20.9. The highest BCUT2D eigenvalue weighted by Gasteiger charge is 2.22. The van der Waals surface area contributed by atoms with E-state index in [0.29, 0.717) is 19.5 Å². The van der Waals surface area contributed by atoms with Crippen LogP contribution in [0, 0.1) is 0 Å². The molecule has 2 fully saturated rings. The molecule has 2 saturated heterocycles. The highest BCUT2D eigenvalue weighted by molar-refractivity contribution is 5.95. The number of benzene rings is 2. The van der Waals surface area contributed by atoms with E-state index in [-0.39, 0.29) is 11.8 Å². The lowest BCUT2D eigenvalue weighted by molar-refractivity contribution is -0.126. The number of anilines is 2. The van der Waals surface area contributed by atoms with Gasteiger partial charge in [-0.25, -0.2) is 0 Å². The molecule has 2 heterocycles. The summed E-state index contributed by atoms with van der Waals surface area (Å²) in [5.74, 6) is 1.05. The van der Waals surface area contributed by atoms with Gasteiger partial charge in [0.2, 0.25) is 11.8 Å². The Bertz CT molecular complexity index is 931. The molecule has 0 bridgehead atoms. The van der Waals surface area contributed by atoms with Crippen LogP contribution >= 0.6 is 0 Å². The summed E-state index contributed by atoms with van der Waals surface area (Å²) in [7, 11) is 1.67. The second-order valence-corrected chi connectivity index (χ2v) is 7.59. The maximum Gasteiger partial charge on any atom is 0.246 e. The number of nitrogens with zero attached hydrogens (tertiary/aromatic N) is 3. The maximum absolute atomic E-state index is 12.6. The number of rotatable bonds is 5. The van der Waals surface area contributed by atoms with Gasteiger partial charge in [0.25, 0.3) is 0 Å². The molecule has 6 heteroatoms. The van der Waals surface area contributed by atoms with Crippen molar-refractivity contribution in [2.75, 3.05) is 49.6 Å². The number of carbonyl (C=O) groups excluding carboxylic acids is 2. The van der Waals surface area contributed by atoms with E-state index < -0.39 is 0 Å². The van der Waals surface area contributed by atoms with Crippen LogP contribution in [0.2, 0.25) is 0 Å². The second-order valence-electron chi connectivity index (χ2n) is 7.59. The Morgan fingerprint density at radius 2 is 1.73 bits per heavy atom. The minimum Gasteiger partial charge on any atom is -0.497 e. The molecule has 0 saturated carbocycles. The Morgan fingerprint density at radius 1 is 0.967 bits per heavy atom. The number of methoxy groups -OCH3 is 1. The van der Waals surface area contributed by atoms with E-state index in [2.05, 4.69) is 11.0 Å². The predicted molar refractivity (Wildman–Crippen MR) is 119 cm³/mol. The first-order valence-electron chi connectivity index (χ1n) is 10.4. The van der Waals surface area contributed by atoms with Gasteiger partial charge >= 0.3 is 0 Å². The van der Waals surface area contributed by atoms with Crippen molar-refractivity contribution < 1.29 is 14.3 Å². The van der Waals surface area contributed by atoms with E-state index in [1.54, 1.807) is 13.2 Å². The number of ether oxygens (including phenoxy) is 1. The van der Waals surface area contributed by atoms with Gasteiger partial charge in [-0.2, -0.15) is 0 Å². The lowest BCUT2D eigenvalue weighted by Gasteiger charge is -2.35. The van der Waals surface area contributed by atoms with Crippen LogP contribution in [0.1, 0.15) is 18.4 Å². The summed E-state index contributed by atoms with van der Waals surface area (Å²) in [6.07, 6.45) is 5.02. The van der Waals surface area contributed by atoms with Crippen LogP contribution in [0.15, 0.2) is 54.6 Å². The van der Waals surface area contributed by atoms with Crippen LogP contribution in [0.4, 0.5) is 11.4 Å². The average molecular weight is 405 g/mol. The number of amides is 2. The largest absolute Gasteiger partial charge is 0.497 e. The van der Waals surface area contributed by atoms with E-state index in [1.807, 2.05) is 58.3 Å². The van der Waals surface area contributed by atoms with Crippen molar-refractivity contribution in [2.24, 2.45) is 0 Å². The lowest BCUT2D eigenvalue weighted by atomic mass is 10.1. The van der Waals surface area contributed by atoms with Crippen molar-refractivity contribution in [3.05, 3.63) is 60.2 Å².